The Hall–Kier alpha value is -6.42. The predicted molar refractivity (Wildman–Crippen MR) is 169 cm³/mol. The minimum absolute atomic E-state index is 0.0372. The molecule has 0 saturated carbocycles. The van der Waals surface area contributed by atoms with E-state index in [4.69, 9.17) is 28.4 Å². The predicted octanol–water partition coefficient (Wildman–Crippen LogP) is 7.83. The van der Waals surface area contributed by atoms with E-state index >= 15 is 0 Å². The van der Waals surface area contributed by atoms with E-state index in [-0.39, 0.29) is 24.7 Å². The van der Waals surface area contributed by atoms with Crippen LogP contribution in [0.3, 0.4) is 0 Å². The number of carbonyl (C=O) groups excluding carboxylic acids is 4. The molecule has 0 radical (unpaired) electrons. The maximum atomic E-state index is 12.8. The molecule has 46 heavy (non-hydrogen) atoms. The second-order valence-corrected chi connectivity index (χ2v) is 9.60. The van der Waals surface area contributed by atoms with E-state index in [1.54, 1.807) is 72.8 Å². The molecule has 0 amide bonds. The number of benzene rings is 5. The maximum absolute atomic E-state index is 12.8. The fraction of sp³-hybridized carbons (Fsp3) is 0.0556. The van der Waals surface area contributed by atoms with Crippen LogP contribution in [0.4, 0.5) is 9.59 Å². The quantitative estimate of drug-likeness (QED) is 0.0662. The van der Waals surface area contributed by atoms with Gasteiger partial charge in [-0.1, -0.05) is 49.6 Å². The van der Waals surface area contributed by atoms with Gasteiger partial charge in [0.2, 0.25) is 0 Å². The van der Waals surface area contributed by atoms with Crippen molar-refractivity contribution in [1.29, 1.82) is 0 Å². The van der Waals surface area contributed by atoms with Crippen LogP contribution in [0, 0.1) is 0 Å². The van der Waals surface area contributed by atoms with Gasteiger partial charge in [-0.15, -0.1) is 0 Å². The topological polar surface area (TPSA) is 124 Å². The molecule has 0 aromatic heterocycles. The highest BCUT2D eigenvalue weighted by Gasteiger charge is 2.14. The van der Waals surface area contributed by atoms with Gasteiger partial charge in [0.05, 0.1) is 11.1 Å². The molecule has 0 spiro atoms. The summed E-state index contributed by atoms with van der Waals surface area (Å²) >= 11 is 0. The first-order valence-corrected chi connectivity index (χ1v) is 13.8. The number of ether oxygens (including phenoxy) is 6. The third kappa shape index (κ3) is 7.94. The molecule has 0 fully saturated rings. The van der Waals surface area contributed by atoms with Crippen LogP contribution in [-0.4, -0.2) is 37.5 Å². The highest BCUT2D eigenvalue weighted by Crippen LogP contribution is 2.26. The molecule has 0 aliphatic rings. The minimum Gasteiger partial charge on any atom is -0.430 e. The Morgan fingerprint density at radius 1 is 0.457 bits per heavy atom. The molecule has 0 aliphatic heterocycles. The number of hydrogen-bond acceptors (Lipinski definition) is 10. The van der Waals surface area contributed by atoms with Crippen molar-refractivity contribution >= 4 is 45.8 Å². The molecule has 0 saturated heterocycles. The Kier molecular flexibility index (Phi) is 9.69. The highest BCUT2D eigenvalue weighted by atomic mass is 16.7. The minimum atomic E-state index is -0.846. The summed E-state index contributed by atoms with van der Waals surface area (Å²) in [4.78, 5) is 48.9. The Labute approximate surface area is 263 Å². The Morgan fingerprint density at radius 2 is 0.804 bits per heavy atom. The van der Waals surface area contributed by atoms with Crippen LogP contribution in [0.15, 0.2) is 122 Å². The summed E-state index contributed by atoms with van der Waals surface area (Å²) in [5, 5.41) is 2.94. The summed E-state index contributed by atoms with van der Waals surface area (Å²) in [6.07, 6.45) is 1.17. The largest absolute Gasteiger partial charge is 0.514 e. The summed E-state index contributed by atoms with van der Waals surface area (Å²) in [5.74, 6) is -0.0744. The van der Waals surface area contributed by atoms with Gasteiger partial charge in [-0.05, 0) is 94.3 Å². The Balaban J connectivity index is 1.17. The zero-order valence-corrected chi connectivity index (χ0v) is 24.3. The van der Waals surface area contributed by atoms with E-state index in [2.05, 4.69) is 13.2 Å². The van der Waals surface area contributed by atoms with Gasteiger partial charge in [-0.3, -0.25) is 0 Å². The van der Waals surface area contributed by atoms with Gasteiger partial charge in [0.25, 0.3) is 0 Å². The number of rotatable bonds is 10. The van der Waals surface area contributed by atoms with Crippen LogP contribution >= 0.6 is 0 Å². The summed E-state index contributed by atoms with van der Waals surface area (Å²) in [7, 11) is 0. The molecule has 0 unspecified atom stereocenters. The fourth-order valence-electron chi connectivity index (χ4n) is 4.24. The lowest BCUT2D eigenvalue weighted by atomic mass is 10.1. The van der Waals surface area contributed by atoms with Crippen LogP contribution < -0.4 is 18.9 Å². The molecule has 0 bridgehead atoms. The normalized spacial score (nSPS) is 10.4. The Morgan fingerprint density at radius 3 is 1.20 bits per heavy atom. The van der Waals surface area contributed by atoms with E-state index in [9.17, 15) is 19.2 Å². The lowest BCUT2D eigenvalue weighted by molar-refractivity contribution is 0.0719. The fourth-order valence-corrected chi connectivity index (χ4v) is 4.24. The van der Waals surface area contributed by atoms with Gasteiger partial charge in [0, 0.05) is 0 Å². The van der Waals surface area contributed by atoms with E-state index in [1.165, 1.54) is 36.4 Å². The second kappa shape index (κ2) is 14.4. The van der Waals surface area contributed by atoms with E-state index < -0.39 is 24.2 Å². The van der Waals surface area contributed by atoms with Crippen LogP contribution in [0.25, 0.3) is 21.5 Å². The van der Waals surface area contributed by atoms with Gasteiger partial charge in [-0.2, -0.15) is 0 Å². The molecular weight excluding hydrogens is 592 g/mol. The molecule has 0 heterocycles. The van der Waals surface area contributed by atoms with Crippen molar-refractivity contribution < 1.29 is 47.6 Å². The molecule has 5 aromatic carbocycles. The van der Waals surface area contributed by atoms with Crippen LogP contribution in [0.5, 0.6) is 23.0 Å². The standard InChI is InChI=1S/C36H26O10/c1-3-17-41-35(39)45-31-11-9-23-19-27(7-5-25(23)21-31)33(37)43-29-13-15-30(16-14-29)44-34(38)28-8-6-26-22-32(12-10-24(26)20-28)46-36(40)42-18-4-2/h3-16,19-22H,1-2,17-18H2. The van der Waals surface area contributed by atoms with Gasteiger partial charge in [0.15, 0.2) is 0 Å². The van der Waals surface area contributed by atoms with Gasteiger partial charge >= 0.3 is 24.2 Å². The lowest BCUT2D eigenvalue weighted by Crippen LogP contribution is -2.10. The van der Waals surface area contributed by atoms with Crippen LogP contribution in [0.1, 0.15) is 20.7 Å². The van der Waals surface area contributed by atoms with Crippen molar-refractivity contribution in [2.45, 2.75) is 0 Å². The molecular formula is C36H26O10. The molecule has 0 aliphatic carbocycles. The smallest absolute Gasteiger partial charge is 0.430 e. The van der Waals surface area contributed by atoms with Crippen molar-refractivity contribution in [2.24, 2.45) is 0 Å². The number of esters is 2. The highest BCUT2D eigenvalue weighted by molar-refractivity contribution is 5.98. The first kappa shape index (κ1) is 31.0. The second-order valence-electron chi connectivity index (χ2n) is 9.60. The van der Waals surface area contributed by atoms with Crippen molar-refractivity contribution in [3.8, 4) is 23.0 Å². The number of carbonyl (C=O) groups is 4. The summed E-state index contributed by atoms with van der Waals surface area (Å²) < 4.78 is 30.9. The maximum Gasteiger partial charge on any atom is 0.514 e. The number of fused-ring (bicyclic) bond motifs is 2. The Bertz CT molecular complexity index is 1820. The van der Waals surface area contributed by atoms with Crippen molar-refractivity contribution in [3.05, 3.63) is 133 Å². The average molecular weight is 619 g/mol. The van der Waals surface area contributed by atoms with Gasteiger partial charge in [-0.25, -0.2) is 19.2 Å². The molecule has 10 heteroatoms. The van der Waals surface area contributed by atoms with E-state index in [1.807, 2.05) is 0 Å². The van der Waals surface area contributed by atoms with Crippen molar-refractivity contribution in [2.75, 3.05) is 13.2 Å². The van der Waals surface area contributed by atoms with Crippen LogP contribution in [-0.2, 0) is 9.47 Å². The van der Waals surface area contributed by atoms with Gasteiger partial charge in [0.1, 0.15) is 36.2 Å². The molecule has 0 atom stereocenters. The van der Waals surface area contributed by atoms with E-state index in [0.717, 1.165) is 21.5 Å². The van der Waals surface area contributed by atoms with Crippen molar-refractivity contribution in [3.63, 3.8) is 0 Å². The molecule has 230 valence electrons. The van der Waals surface area contributed by atoms with E-state index in [0.29, 0.717) is 22.6 Å². The summed E-state index contributed by atoms with van der Waals surface area (Å²) in [6.45, 7) is 7.02. The van der Waals surface area contributed by atoms with Gasteiger partial charge < -0.3 is 28.4 Å². The zero-order valence-electron chi connectivity index (χ0n) is 24.3. The zero-order chi connectivity index (χ0) is 32.5. The molecule has 5 aromatic rings. The van der Waals surface area contributed by atoms with Crippen LogP contribution in [0.2, 0.25) is 0 Å². The molecule has 0 N–H and O–H groups in total. The van der Waals surface area contributed by atoms with Crippen molar-refractivity contribution in [1.82, 2.24) is 0 Å². The number of hydrogen-bond donors (Lipinski definition) is 0. The third-order valence-electron chi connectivity index (χ3n) is 6.38. The summed E-state index contributed by atoms with van der Waals surface area (Å²) in [6, 6.07) is 25.8. The molecule has 10 nitrogen and oxygen atoms in total. The SMILES string of the molecule is C=CCOC(=O)Oc1ccc2cc(C(=O)Oc3ccc(OC(=O)c4ccc5cc(OC(=O)OCC=C)ccc5c4)cc3)ccc2c1. The summed E-state index contributed by atoms with van der Waals surface area (Å²) in [5.41, 5.74) is 0.620. The third-order valence-corrected chi connectivity index (χ3v) is 6.38. The lowest BCUT2D eigenvalue weighted by Gasteiger charge is -2.09. The molecule has 5 rings (SSSR count). The average Bonchev–Trinajstić information content (AvgIpc) is 3.06. The first-order chi connectivity index (χ1) is 22.3. The monoisotopic (exact) mass is 618 g/mol. The first-order valence-electron chi connectivity index (χ1n) is 13.8.